The van der Waals surface area contributed by atoms with Crippen molar-refractivity contribution in [3.05, 3.63) is 41.5 Å². The first-order chi connectivity index (χ1) is 8.08. The van der Waals surface area contributed by atoms with Crippen LogP contribution in [0.4, 0.5) is 5.69 Å². The second-order valence-corrected chi connectivity index (χ2v) is 4.33. The van der Waals surface area contributed by atoms with E-state index in [4.69, 9.17) is 5.73 Å². The highest BCUT2D eigenvalue weighted by Crippen LogP contribution is 2.07. The van der Waals surface area contributed by atoms with E-state index in [1.54, 1.807) is 0 Å². The number of nitrogens with two attached hydrogens (primary N) is 1. The molecule has 1 aromatic carbocycles. The number of hydrogen-bond donors (Lipinski definition) is 2. The fourth-order valence-electron chi connectivity index (χ4n) is 1.40. The van der Waals surface area contributed by atoms with Gasteiger partial charge in [0.05, 0.1) is 0 Å². The summed E-state index contributed by atoms with van der Waals surface area (Å²) in [5, 5.41) is 2.86. The number of benzene rings is 1. The van der Waals surface area contributed by atoms with Crippen LogP contribution in [-0.2, 0) is 11.2 Å². The molecule has 0 aliphatic carbocycles. The molecule has 0 aliphatic heterocycles. The van der Waals surface area contributed by atoms with Crippen LogP contribution in [0.1, 0.15) is 25.8 Å². The smallest absolute Gasteiger partial charge is 0.220 e. The molecule has 3 heteroatoms. The van der Waals surface area contributed by atoms with Gasteiger partial charge in [-0.05, 0) is 38.0 Å². The fourth-order valence-corrected chi connectivity index (χ4v) is 1.40. The van der Waals surface area contributed by atoms with Gasteiger partial charge in [-0.25, -0.2) is 0 Å². The third-order valence-electron chi connectivity index (χ3n) is 2.43. The van der Waals surface area contributed by atoms with E-state index in [0.717, 1.165) is 17.7 Å². The van der Waals surface area contributed by atoms with Gasteiger partial charge in [0.1, 0.15) is 0 Å². The van der Waals surface area contributed by atoms with Crippen molar-refractivity contribution < 1.29 is 4.79 Å². The molecule has 0 aliphatic rings. The van der Waals surface area contributed by atoms with Crippen LogP contribution in [-0.4, -0.2) is 12.5 Å². The molecule has 0 fully saturated rings. The molecular weight excluding hydrogens is 212 g/mol. The molecule has 1 amide bonds. The van der Waals surface area contributed by atoms with Crippen LogP contribution in [0, 0.1) is 0 Å². The van der Waals surface area contributed by atoms with Crippen LogP contribution >= 0.6 is 0 Å². The topological polar surface area (TPSA) is 55.1 Å². The lowest BCUT2D eigenvalue weighted by molar-refractivity contribution is -0.120. The van der Waals surface area contributed by atoms with Crippen LogP contribution in [0.5, 0.6) is 0 Å². The Balaban J connectivity index is 2.28. The number of anilines is 1. The molecule has 0 atom stereocenters. The van der Waals surface area contributed by atoms with E-state index in [9.17, 15) is 4.79 Å². The van der Waals surface area contributed by atoms with Gasteiger partial charge < -0.3 is 11.1 Å². The van der Waals surface area contributed by atoms with E-state index in [-0.39, 0.29) is 5.91 Å². The van der Waals surface area contributed by atoms with Crippen molar-refractivity contribution in [3.8, 4) is 0 Å². The SMILES string of the molecule is CC(C)=CCNC(=O)CCc1ccc(N)cc1. The van der Waals surface area contributed by atoms with Crippen molar-refractivity contribution >= 4 is 11.6 Å². The first kappa shape index (κ1) is 13.3. The summed E-state index contributed by atoms with van der Waals surface area (Å²) in [7, 11) is 0. The molecule has 17 heavy (non-hydrogen) atoms. The first-order valence-corrected chi connectivity index (χ1v) is 5.82. The Morgan fingerprint density at radius 1 is 1.29 bits per heavy atom. The molecule has 0 spiro atoms. The number of nitrogens with one attached hydrogen (secondary N) is 1. The molecule has 0 saturated heterocycles. The molecule has 0 radical (unpaired) electrons. The molecule has 0 heterocycles. The molecule has 92 valence electrons. The van der Waals surface area contributed by atoms with Gasteiger partial charge in [0.2, 0.25) is 5.91 Å². The average Bonchev–Trinajstić information content (AvgIpc) is 2.28. The Hall–Kier alpha value is -1.77. The van der Waals surface area contributed by atoms with Gasteiger partial charge in [0.15, 0.2) is 0 Å². The van der Waals surface area contributed by atoms with Gasteiger partial charge in [-0.1, -0.05) is 23.8 Å². The largest absolute Gasteiger partial charge is 0.399 e. The van der Waals surface area contributed by atoms with Gasteiger partial charge in [-0.15, -0.1) is 0 Å². The number of allylic oxidation sites excluding steroid dienone is 1. The third kappa shape index (κ3) is 5.76. The maximum Gasteiger partial charge on any atom is 0.220 e. The summed E-state index contributed by atoms with van der Waals surface area (Å²) in [6.07, 6.45) is 3.27. The van der Waals surface area contributed by atoms with Crippen molar-refractivity contribution in [2.75, 3.05) is 12.3 Å². The van der Waals surface area contributed by atoms with Crippen molar-refractivity contribution in [1.29, 1.82) is 0 Å². The van der Waals surface area contributed by atoms with Crippen LogP contribution in [0.15, 0.2) is 35.9 Å². The van der Waals surface area contributed by atoms with Gasteiger partial charge in [0, 0.05) is 18.7 Å². The van der Waals surface area contributed by atoms with Crippen molar-refractivity contribution in [3.63, 3.8) is 0 Å². The molecule has 0 unspecified atom stereocenters. The van der Waals surface area contributed by atoms with Crippen LogP contribution in [0.2, 0.25) is 0 Å². The standard InChI is InChI=1S/C14H20N2O/c1-11(2)9-10-16-14(17)8-5-12-3-6-13(15)7-4-12/h3-4,6-7,9H,5,8,10,15H2,1-2H3,(H,16,17). The molecule has 3 nitrogen and oxygen atoms in total. The number of carbonyl (C=O) groups excluding carboxylic acids is 1. The zero-order chi connectivity index (χ0) is 12.7. The lowest BCUT2D eigenvalue weighted by Crippen LogP contribution is -2.23. The van der Waals surface area contributed by atoms with Gasteiger partial charge in [0.25, 0.3) is 0 Å². The molecule has 0 saturated carbocycles. The number of hydrogen-bond acceptors (Lipinski definition) is 2. The summed E-state index contributed by atoms with van der Waals surface area (Å²) in [5.41, 5.74) is 8.69. The minimum absolute atomic E-state index is 0.0827. The maximum absolute atomic E-state index is 11.5. The summed E-state index contributed by atoms with van der Waals surface area (Å²) in [6, 6.07) is 7.63. The van der Waals surface area contributed by atoms with Gasteiger partial charge in [-0.2, -0.15) is 0 Å². The zero-order valence-corrected chi connectivity index (χ0v) is 10.5. The highest BCUT2D eigenvalue weighted by molar-refractivity contribution is 5.76. The molecule has 1 aromatic rings. The third-order valence-corrected chi connectivity index (χ3v) is 2.43. The number of carbonyl (C=O) groups is 1. The van der Waals surface area contributed by atoms with Crippen molar-refractivity contribution in [1.82, 2.24) is 5.32 Å². The second kappa shape index (κ2) is 6.74. The van der Waals surface area contributed by atoms with E-state index in [2.05, 4.69) is 5.32 Å². The monoisotopic (exact) mass is 232 g/mol. The predicted octanol–water partition coefficient (Wildman–Crippen LogP) is 2.28. The summed E-state index contributed by atoms with van der Waals surface area (Å²) in [5.74, 6) is 0.0827. The second-order valence-electron chi connectivity index (χ2n) is 4.33. The van der Waals surface area contributed by atoms with Gasteiger partial charge >= 0.3 is 0 Å². The lowest BCUT2D eigenvalue weighted by atomic mass is 10.1. The van der Waals surface area contributed by atoms with Crippen LogP contribution < -0.4 is 11.1 Å². The minimum Gasteiger partial charge on any atom is -0.399 e. The van der Waals surface area contributed by atoms with Crippen LogP contribution in [0.25, 0.3) is 0 Å². The van der Waals surface area contributed by atoms with Crippen molar-refractivity contribution in [2.24, 2.45) is 0 Å². The Labute approximate surface area is 103 Å². The molecule has 3 N–H and O–H groups in total. The summed E-state index contributed by atoms with van der Waals surface area (Å²) >= 11 is 0. The molecule has 1 rings (SSSR count). The van der Waals surface area contributed by atoms with Crippen LogP contribution in [0.3, 0.4) is 0 Å². The van der Waals surface area contributed by atoms with E-state index in [1.807, 2.05) is 44.2 Å². The van der Waals surface area contributed by atoms with Gasteiger partial charge in [-0.3, -0.25) is 4.79 Å². The lowest BCUT2D eigenvalue weighted by Gasteiger charge is -2.03. The first-order valence-electron chi connectivity index (χ1n) is 5.82. The fraction of sp³-hybridized carbons (Fsp3) is 0.357. The highest BCUT2D eigenvalue weighted by atomic mass is 16.1. The van der Waals surface area contributed by atoms with E-state index < -0.39 is 0 Å². The summed E-state index contributed by atoms with van der Waals surface area (Å²) in [6.45, 7) is 4.64. The zero-order valence-electron chi connectivity index (χ0n) is 10.5. The van der Waals surface area contributed by atoms with E-state index in [0.29, 0.717) is 13.0 Å². The number of aryl methyl sites for hydroxylation is 1. The normalized spacial score (nSPS) is 9.76. The quantitative estimate of drug-likeness (QED) is 0.604. The highest BCUT2D eigenvalue weighted by Gasteiger charge is 2.00. The Morgan fingerprint density at radius 2 is 1.94 bits per heavy atom. The predicted molar refractivity (Wildman–Crippen MR) is 71.6 cm³/mol. The summed E-state index contributed by atoms with van der Waals surface area (Å²) in [4.78, 5) is 11.5. The Kier molecular flexibility index (Phi) is 5.27. The van der Waals surface area contributed by atoms with E-state index in [1.165, 1.54) is 5.57 Å². The Morgan fingerprint density at radius 3 is 2.53 bits per heavy atom. The number of rotatable bonds is 5. The Bertz CT molecular complexity index is 389. The molecule has 0 bridgehead atoms. The molecule has 0 aromatic heterocycles. The average molecular weight is 232 g/mol. The minimum atomic E-state index is 0.0827. The number of amides is 1. The molecular formula is C14H20N2O. The van der Waals surface area contributed by atoms with E-state index >= 15 is 0 Å². The van der Waals surface area contributed by atoms with Crippen molar-refractivity contribution in [2.45, 2.75) is 26.7 Å². The summed E-state index contributed by atoms with van der Waals surface area (Å²) < 4.78 is 0. The maximum atomic E-state index is 11.5. The number of nitrogen functional groups attached to an aromatic ring is 1.